The van der Waals surface area contributed by atoms with Crippen molar-refractivity contribution in [1.29, 1.82) is 0 Å². The molecule has 1 fully saturated rings. The molecule has 2 unspecified atom stereocenters. The maximum Gasteiger partial charge on any atom is 1.00 e. The summed E-state index contributed by atoms with van der Waals surface area (Å²) in [6.07, 6.45) is -19.5. The molecule has 4 nitrogen and oxygen atoms in total. The summed E-state index contributed by atoms with van der Waals surface area (Å²) in [4.78, 5) is 10.4. The molecule has 0 bridgehead atoms. The van der Waals surface area contributed by atoms with Crippen LogP contribution in [-0.4, -0.2) is 36.1 Å². The van der Waals surface area contributed by atoms with Gasteiger partial charge in [-0.05, 0) is 0 Å². The fraction of sp³-hybridized carbons (Fsp3) is 0.833. The van der Waals surface area contributed by atoms with E-state index in [1.54, 1.807) is 0 Å². The average molecular weight is 440 g/mol. The van der Waals surface area contributed by atoms with Gasteiger partial charge in [0.25, 0.3) is 6.11 Å². The third kappa shape index (κ3) is 2.97. The maximum atomic E-state index is 13.0. The van der Waals surface area contributed by atoms with Crippen LogP contribution in [0.5, 0.6) is 0 Å². The first kappa shape index (κ1) is 20.8. The van der Waals surface area contributed by atoms with E-state index in [4.69, 9.17) is 0 Å². The first-order valence-corrected chi connectivity index (χ1v) is 3.93. The van der Waals surface area contributed by atoms with Crippen LogP contribution in [-0.2, 0) is 14.3 Å². The molecule has 1 aliphatic rings. The predicted molar refractivity (Wildman–Crippen MR) is 30.8 cm³/mol. The third-order valence-corrected chi connectivity index (χ3v) is 1.90. The Morgan fingerprint density at radius 2 is 1.35 bits per heavy atom. The van der Waals surface area contributed by atoms with Gasteiger partial charge in [0.15, 0.2) is 0 Å². The predicted octanol–water partition coefficient (Wildman–Crippen LogP) is -2.00. The summed E-state index contributed by atoms with van der Waals surface area (Å²) in [5, 5.41) is 10.0. The van der Waals surface area contributed by atoms with Crippen LogP contribution in [0.4, 0.5) is 39.5 Å². The number of esters is 1. The van der Waals surface area contributed by atoms with Gasteiger partial charge in [0.05, 0.1) is 0 Å². The van der Waals surface area contributed by atoms with Gasteiger partial charge in [0.1, 0.15) is 0 Å². The number of carbonyl (C=O) groups excluding carboxylic acids is 1. The molecule has 0 spiro atoms. The molecule has 14 heteroatoms. The largest absolute Gasteiger partial charge is 1.00 e. The summed E-state index contributed by atoms with van der Waals surface area (Å²) in [5.74, 6) is -15.2. The molecule has 1 heterocycles. The van der Waals surface area contributed by atoms with Gasteiger partial charge in [-0.1, -0.05) is 0 Å². The van der Waals surface area contributed by atoms with Gasteiger partial charge in [0, 0.05) is 0 Å². The van der Waals surface area contributed by atoms with Gasteiger partial charge >= 0.3 is 98.9 Å². The number of hydrogen-bond donors (Lipinski definition) is 0. The minimum absolute atomic E-state index is 0. The van der Waals surface area contributed by atoms with Crippen LogP contribution in [0.15, 0.2) is 0 Å². The summed E-state index contributed by atoms with van der Waals surface area (Å²) in [7, 11) is 0. The fourth-order valence-corrected chi connectivity index (χ4v) is 1.03. The van der Waals surface area contributed by atoms with Gasteiger partial charge in [-0.25, -0.2) is 13.6 Å². The number of carbonyl (C=O) groups is 1. The molecule has 0 amide bonds. The summed E-state index contributed by atoms with van der Waals surface area (Å²) < 4.78 is 115. The topological polar surface area (TPSA) is 58.6 Å². The maximum absolute atomic E-state index is 13.0. The quantitative estimate of drug-likeness (QED) is 0.350. The molecule has 112 valence electrons. The summed E-state index contributed by atoms with van der Waals surface area (Å²) in [5.41, 5.74) is 0. The molecule has 1 rings (SSSR count). The van der Waals surface area contributed by atoms with Gasteiger partial charge < -0.3 is 9.84 Å². The van der Waals surface area contributed by atoms with Crippen molar-refractivity contribution in [3.63, 3.8) is 0 Å². The van der Waals surface area contributed by atoms with Gasteiger partial charge in [-0.15, -0.1) is 0 Å². The van der Waals surface area contributed by atoms with Crippen molar-refractivity contribution in [3.05, 3.63) is 0 Å². The Bertz CT molecular complexity index is 385. The van der Waals surface area contributed by atoms with E-state index in [2.05, 4.69) is 9.47 Å². The van der Waals surface area contributed by atoms with Gasteiger partial charge in [0.2, 0.25) is 0 Å². The second-order valence-electron chi connectivity index (χ2n) is 3.22. The molecular formula is C6CsF9O4. The second-order valence-corrected chi connectivity index (χ2v) is 3.22. The third-order valence-electron chi connectivity index (χ3n) is 1.90. The second kappa shape index (κ2) is 5.47. The number of halogens is 9. The number of rotatable bonds is 1. The van der Waals surface area contributed by atoms with Crippen molar-refractivity contribution >= 4 is 5.97 Å². The van der Waals surface area contributed by atoms with Crippen molar-refractivity contribution in [1.82, 2.24) is 0 Å². The van der Waals surface area contributed by atoms with Crippen molar-refractivity contribution in [3.8, 4) is 0 Å². The SMILES string of the molecule is O=C1OC(C([O-])(F)F)(C(F)(F)F)OC1(F)C(F)(F)F.[Cs+]. The van der Waals surface area contributed by atoms with Crippen LogP contribution in [0.3, 0.4) is 0 Å². The Labute approximate surface area is 162 Å². The Morgan fingerprint density at radius 3 is 1.50 bits per heavy atom. The number of hydrogen-bond acceptors (Lipinski definition) is 4. The molecule has 2 atom stereocenters. The van der Waals surface area contributed by atoms with Crippen molar-refractivity contribution < 1.29 is 128 Å². The van der Waals surface area contributed by atoms with Crippen LogP contribution in [0.1, 0.15) is 0 Å². The molecular weight excluding hydrogens is 440 g/mol. The molecule has 0 aromatic rings. The summed E-state index contributed by atoms with van der Waals surface area (Å²) >= 11 is 0. The zero-order chi connectivity index (χ0) is 15.5. The molecule has 0 N–H and O–H groups in total. The molecule has 0 aliphatic carbocycles. The van der Waals surface area contributed by atoms with Crippen LogP contribution in [0.25, 0.3) is 0 Å². The Balaban J connectivity index is 0.00000361. The van der Waals surface area contributed by atoms with E-state index in [9.17, 15) is 49.4 Å². The molecule has 0 saturated carbocycles. The first-order valence-electron chi connectivity index (χ1n) is 3.93. The minimum Gasteiger partial charge on any atom is -0.793 e. The smallest absolute Gasteiger partial charge is 0.793 e. The van der Waals surface area contributed by atoms with Crippen LogP contribution >= 0.6 is 0 Å². The zero-order valence-corrected chi connectivity index (χ0v) is 15.3. The van der Waals surface area contributed by atoms with Gasteiger partial charge in [-0.2, -0.15) is 30.7 Å². The van der Waals surface area contributed by atoms with E-state index >= 15 is 0 Å². The van der Waals surface area contributed by atoms with Crippen molar-refractivity contribution in [2.75, 3.05) is 0 Å². The van der Waals surface area contributed by atoms with E-state index in [1.807, 2.05) is 0 Å². The molecule has 20 heavy (non-hydrogen) atoms. The van der Waals surface area contributed by atoms with E-state index in [0.29, 0.717) is 0 Å². The van der Waals surface area contributed by atoms with E-state index in [1.165, 1.54) is 0 Å². The summed E-state index contributed by atoms with van der Waals surface area (Å²) in [6, 6.07) is 0. The minimum atomic E-state index is -6.60. The standard InChI is InChI=1S/C6F9O4.Cs/c7-2(4(8,9)10)1(16)18-3(19-2,5(11,12)13)6(14,15)17;/q-1;+1. The summed E-state index contributed by atoms with van der Waals surface area (Å²) in [6.45, 7) is 0. The Hall–Kier alpha value is 0.812. The van der Waals surface area contributed by atoms with E-state index in [-0.39, 0.29) is 68.9 Å². The Morgan fingerprint density at radius 1 is 0.950 bits per heavy atom. The normalized spacial score (nSPS) is 31.8. The monoisotopic (exact) mass is 440 g/mol. The zero-order valence-electron chi connectivity index (χ0n) is 9.03. The van der Waals surface area contributed by atoms with Gasteiger partial charge in [-0.3, -0.25) is 4.74 Å². The number of cyclic esters (lactones) is 1. The van der Waals surface area contributed by atoms with Crippen molar-refractivity contribution in [2.24, 2.45) is 0 Å². The first-order chi connectivity index (χ1) is 8.08. The molecule has 0 radical (unpaired) electrons. The van der Waals surface area contributed by atoms with E-state index < -0.39 is 36.1 Å². The number of ether oxygens (including phenoxy) is 2. The van der Waals surface area contributed by atoms with Crippen LogP contribution in [0, 0.1) is 0 Å². The number of alkyl halides is 9. The van der Waals surface area contributed by atoms with Crippen LogP contribution < -0.4 is 74.0 Å². The van der Waals surface area contributed by atoms with E-state index in [0.717, 1.165) is 0 Å². The molecule has 0 aromatic heterocycles. The molecule has 1 aliphatic heterocycles. The molecule has 0 aromatic carbocycles. The van der Waals surface area contributed by atoms with Crippen molar-refractivity contribution in [2.45, 2.75) is 30.1 Å². The fourth-order valence-electron chi connectivity index (χ4n) is 1.03. The van der Waals surface area contributed by atoms with Crippen LogP contribution in [0.2, 0.25) is 0 Å². The molecule has 1 saturated heterocycles. The Kier molecular flexibility index (Phi) is 5.69. The average Bonchev–Trinajstić information content (AvgIpc) is 2.38.